The number of amides is 1. The van der Waals surface area contributed by atoms with E-state index in [2.05, 4.69) is 41.2 Å². The molecule has 27 heavy (non-hydrogen) atoms. The molecule has 0 radical (unpaired) electrons. The molecule has 0 saturated heterocycles. The summed E-state index contributed by atoms with van der Waals surface area (Å²) in [6.07, 6.45) is 10.8. The summed E-state index contributed by atoms with van der Waals surface area (Å²) in [5.41, 5.74) is 4.35. The SMILES string of the molecule is C[C@@H](NC(=O)c1nn(Cc2ccccc2)c2c1CCCC2)C1CCCCC1. The van der Waals surface area contributed by atoms with Crippen molar-refractivity contribution in [1.29, 1.82) is 0 Å². The van der Waals surface area contributed by atoms with Crippen molar-refractivity contribution in [3.05, 3.63) is 52.8 Å². The fourth-order valence-corrected chi connectivity index (χ4v) is 4.77. The quantitative estimate of drug-likeness (QED) is 0.847. The molecule has 0 aliphatic heterocycles. The lowest BCUT2D eigenvalue weighted by Crippen LogP contribution is -2.39. The molecule has 4 heteroatoms. The summed E-state index contributed by atoms with van der Waals surface area (Å²) >= 11 is 0. The van der Waals surface area contributed by atoms with Crippen molar-refractivity contribution in [2.45, 2.75) is 77.3 Å². The Bertz CT molecular complexity index is 774. The predicted molar refractivity (Wildman–Crippen MR) is 108 cm³/mol. The molecule has 2 aliphatic carbocycles. The zero-order valence-electron chi connectivity index (χ0n) is 16.4. The van der Waals surface area contributed by atoms with Gasteiger partial charge in [-0.2, -0.15) is 5.10 Å². The van der Waals surface area contributed by atoms with E-state index >= 15 is 0 Å². The molecule has 0 unspecified atom stereocenters. The Labute approximate surface area is 162 Å². The Hall–Kier alpha value is -2.10. The lowest BCUT2D eigenvalue weighted by Gasteiger charge is -2.28. The number of fused-ring (bicyclic) bond motifs is 1. The smallest absolute Gasteiger partial charge is 0.272 e. The van der Waals surface area contributed by atoms with E-state index in [0.717, 1.165) is 25.8 Å². The van der Waals surface area contributed by atoms with Crippen LogP contribution in [0.5, 0.6) is 0 Å². The summed E-state index contributed by atoms with van der Waals surface area (Å²) < 4.78 is 2.07. The summed E-state index contributed by atoms with van der Waals surface area (Å²) in [6.45, 7) is 2.91. The van der Waals surface area contributed by atoms with Gasteiger partial charge in [0.25, 0.3) is 5.91 Å². The number of hydrogen-bond acceptors (Lipinski definition) is 2. The van der Waals surface area contributed by atoms with Crippen LogP contribution in [-0.2, 0) is 19.4 Å². The van der Waals surface area contributed by atoms with Crippen LogP contribution in [0.15, 0.2) is 30.3 Å². The minimum atomic E-state index is 0.0260. The topological polar surface area (TPSA) is 46.9 Å². The molecule has 1 atom stereocenters. The number of carbonyl (C=O) groups is 1. The zero-order chi connectivity index (χ0) is 18.6. The first-order chi connectivity index (χ1) is 13.2. The Morgan fingerprint density at radius 3 is 2.63 bits per heavy atom. The van der Waals surface area contributed by atoms with Crippen LogP contribution in [0.3, 0.4) is 0 Å². The lowest BCUT2D eigenvalue weighted by atomic mass is 9.84. The second-order valence-corrected chi connectivity index (χ2v) is 8.28. The van der Waals surface area contributed by atoms with Crippen molar-refractivity contribution in [2.24, 2.45) is 5.92 Å². The molecule has 4 rings (SSSR count). The van der Waals surface area contributed by atoms with E-state index in [0.29, 0.717) is 11.6 Å². The molecule has 4 nitrogen and oxygen atoms in total. The average Bonchev–Trinajstić information content (AvgIpc) is 3.08. The van der Waals surface area contributed by atoms with Gasteiger partial charge < -0.3 is 5.32 Å². The van der Waals surface area contributed by atoms with Gasteiger partial charge in [-0.1, -0.05) is 49.6 Å². The number of rotatable bonds is 5. The predicted octanol–water partition coefficient (Wildman–Crippen LogP) is 4.51. The minimum absolute atomic E-state index is 0.0260. The Morgan fingerprint density at radius 2 is 1.85 bits per heavy atom. The molecule has 1 fully saturated rings. The molecule has 144 valence electrons. The highest BCUT2D eigenvalue weighted by Gasteiger charge is 2.27. The first-order valence-electron chi connectivity index (χ1n) is 10.7. The summed E-state index contributed by atoms with van der Waals surface area (Å²) in [5, 5.41) is 8.07. The maximum atomic E-state index is 13.0. The molecule has 1 heterocycles. The highest BCUT2D eigenvalue weighted by atomic mass is 16.2. The van der Waals surface area contributed by atoms with Crippen molar-refractivity contribution in [1.82, 2.24) is 15.1 Å². The second kappa shape index (κ2) is 8.28. The number of carbonyl (C=O) groups excluding carboxylic acids is 1. The molecular formula is C23H31N3O. The van der Waals surface area contributed by atoms with E-state index in [9.17, 15) is 4.79 Å². The van der Waals surface area contributed by atoms with Gasteiger partial charge in [-0.05, 0) is 56.9 Å². The van der Waals surface area contributed by atoms with Crippen LogP contribution in [0.2, 0.25) is 0 Å². The summed E-state index contributed by atoms with van der Waals surface area (Å²) in [5.74, 6) is 0.642. The van der Waals surface area contributed by atoms with Gasteiger partial charge in [-0.3, -0.25) is 9.48 Å². The fourth-order valence-electron chi connectivity index (χ4n) is 4.77. The van der Waals surface area contributed by atoms with E-state index in [1.54, 1.807) is 0 Å². The van der Waals surface area contributed by atoms with Gasteiger partial charge in [-0.15, -0.1) is 0 Å². The largest absolute Gasteiger partial charge is 0.348 e. The Balaban J connectivity index is 1.54. The molecule has 1 amide bonds. The van der Waals surface area contributed by atoms with Gasteiger partial charge in [0.1, 0.15) is 0 Å². The van der Waals surface area contributed by atoms with Crippen molar-refractivity contribution >= 4 is 5.91 Å². The molecule has 0 spiro atoms. The van der Waals surface area contributed by atoms with E-state index in [-0.39, 0.29) is 11.9 Å². The van der Waals surface area contributed by atoms with Gasteiger partial charge in [-0.25, -0.2) is 0 Å². The maximum absolute atomic E-state index is 13.0. The zero-order valence-corrected chi connectivity index (χ0v) is 16.4. The van der Waals surface area contributed by atoms with Gasteiger partial charge >= 0.3 is 0 Å². The molecule has 1 N–H and O–H groups in total. The highest BCUT2D eigenvalue weighted by molar-refractivity contribution is 5.94. The van der Waals surface area contributed by atoms with Crippen LogP contribution >= 0.6 is 0 Å². The van der Waals surface area contributed by atoms with E-state index < -0.39 is 0 Å². The molecule has 2 aliphatic rings. The van der Waals surface area contributed by atoms with Gasteiger partial charge in [0.15, 0.2) is 5.69 Å². The van der Waals surface area contributed by atoms with Crippen molar-refractivity contribution < 1.29 is 4.79 Å². The molecule has 0 bridgehead atoms. The molecule has 1 saturated carbocycles. The van der Waals surface area contributed by atoms with Gasteiger partial charge in [0.2, 0.25) is 0 Å². The number of aromatic nitrogens is 2. The molecule has 2 aromatic rings. The van der Waals surface area contributed by atoms with Crippen molar-refractivity contribution in [3.8, 4) is 0 Å². The number of nitrogens with zero attached hydrogens (tertiary/aromatic N) is 2. The normalized spacial score (nSPS) is 18.7. The average molecular weight is 366 g/mol. The van der Waals surface area contributed by atoms with Crippen LogP contribution in [0, 0.1) is 5.92 Å². The second-order valence-electron chi connectivity index (χ2n) is 8.28. The van der Waals surface area contributed by atoms with Crippen LogP contribution in [0.25, 0.3) is 0 Å². The van der Waals surface area contributed by atoms with E-state index in [4.69, 9.17) is 5.10 Å². The highest BCUT2D eigenvalue weighted by Crippen LogP contribution is 2.28. The van der Waals surface area contributed by atoms with Crippen molar-refractivity contribution in [3.63, 3.8) is 0 Å². The Kier molecular flexibility index (Phi) is 5.61. The van der Waals surface area contributed by atoms with Crippen LogP contribution < -0.4 is 5.32 Å². The summed E-state index contributed by atoms with van der Waals surface area (Å²) in [4.78, 5) is 13.0. The summed E-state index contributed by atoms with van der Waals surface area (Å²) in [6, 6.07) is 10.6. The number of hydrogen-bond donors (Lipinski definition) is 1. The van der Waals surface area contributed by atoms with Gasteiger partial charge in [0.05, 0.1) is 6.54 Å². The molecule has 1 aromatic carbocycles. The lowest BCUT2D eigenvalue weighted by molar-refractivity contribution is 0.0912. The molecular weight excluding hydrogens is 334 g/mol. The van der Waals surface area contributed by atoms with Crippen LogP contribution in [0.4, 0.5) is 0 Å². The number of nitrogens with one attached hydrogen (secondary N) is 1. The number of benzene rings is 1. The first-order valence-corrected chi connectivity index (χ1v) is 10.7. The van der Waals surface area contributed by atoms with E-state index in [1.807, 2.05) is 6.07 Å². The fraction of sp³-hybridized carbons (Fsp3) is 0.565. The third kappa shape index (κ3) is 4.10. The van der Waals surface area contributed by atoms with Crippen molar-refractivity contribution in [2.75, 3.05) is 0 Å². The first kappa shape index (κ1) is 18.3. The van der Waals surface area contributed by atoms with Gasteiger partial charge in [0, 0.05) is 17.3 Å². The summed E-state index contributed by atoms with van der Waals surface area (Å²) in [7, 11) is 0. The molecule has 1 aromatic heterocycles. The third-order valence-electron chi connectivity index (χ3n) is 6.36. The monoisotopic (exact) mass is 365 g/mol. The third-order valence-corrected chi connectivity index (χ3v) is 6.36. The van der Waals surface area contributed by atoms with Crippen LogP contribution in [-0.4, -0.2) is 21.7 Å². The minimum Gasteiger partial charge on any atom is -0.348 e. The Morgan fingerprint density at radius 1 is 1.11 bits per heavy atom. The van der Waals surface area contributed by atoms with E-state index in [1.165, 1.54) is 55.3 Å². The maximum Gasteiger partial charge on any atom is 0.272 e. The standard InChI is InChI=1S/C23H31N3O/c1-17(19-12-6-3-7-13-19)24-23(27)22-20-14-8-9-15-21(20)26(25-22)16-18-10-4-2-5-11-18/h2,4-5,10-11,17,19H,3,6-9,12-16H2,1H3,(H,24,27)/t17-/m1/s1. The van der Waals surface area contributed by atoms with Crippen LogP contribution in [0.1, 0.15) is 79.2 Å².